The lowest BCUT2D eigenvalue weighted by Gasteiger charge is -2.05. The van der Waals surface area contributed by atoms with Crippen molar-refractivity contribution in [3.63, 3.8) is 0 Å². The van der Waals surface area contributed by atoms with Crippen LogP contribution in [-0.2, 0) is 0 Å². The van der Waals surface area contributed by atoms with Gasteiger partial charge in [-0.3, -0.25) is 4.79 Å². The van der Waals surface area contributed by atoms with E-state index in [4.69, 9.17) is 5.11 Å². The van der Waals surface area contributed by atoms with Crippen LogP contribution in [0.15, 0.2) is 30.5 Å². The van der Waals surface area contributed by atoms with E-state index in [2.05, 4.69) is 10.3 Å². The number of carbonyl (C=O) groups excluding carboxylic acids is 1. The van der Waals surface area contributed by atoms with E-state index < -0.39 is 5.97 Å². The Morgan fingerprint density at radius 2 is 2.12 bits per heavy atom. The van der Waals surface area contributed by atoms with Crippen molar-refractivity contribution in [1.29, 1.82) is 0 Å². The summed E-state index contributed by atoms with van der Waals surface area (Å²) < 4.78 is 1.19. The highest BCUT2D eigenvalue weighted by molar-refractivity contribution is 5.92. The van der Waals surface area contributed by atoms with Crippen LogP contribution in [0, 0.1) is 0 Å². The van der Waals surface area contributed by atoms with Crippen LogP contribution in [0.5, 0.6) is 0 Å². The van der Waals surface area contributed by atoms with Crippen LogP contribution >= 0.6 is 0 Å². The summed E-state index contributed by atoms with van der Waals surface area (Å²) in [6, 6.07) is 6.27. The molecule has 0 saturated carbocycles. The van der Waals surface area contributed by atoms with Crippen LogP contribution in [0.2, 0.25) is 0 Å². The molecule has 0 aliphatic rings. The Kier molecular flexibility index (Phi) is 2.47. The summed E-state index contributed by atoms with van der Waals surface area (Å²) in [6.45, 7) is 0. The molecule has 1 N–H and O–H groups in total. The Morgan fingerprint density at radius 1 is 1.38 bits per heavy atom. The maximum atomic E-state index is 11.0. The zero-order valence-electron chi connectivity index (χ0n) is 8.07. The highest BCUT2D eigenvalue weighted by Crippen LogP contribution is 2.14. The lowest BCUT2D eigenvalue weighted by atomic mass is 10.2. The van der Waals surface area contributed by atoms with Gasteiger partial charge in [-0.05, 0) is 12.1 Å². The van der Waals surface area contributed by atoms with Gasteiger partial charge in [-0.1, -0.05) is 17.3 Å². The van der Waals surface area contributed by atoms with Gasteiger partial charge >= 0.3 is 5.97 Å². The van der Waals surface area contributed by atoms with Gasteiger partial charge in [-0.15, -0.1) is 5.10 Å². The average molecular weight is 217 g/mol. The molecule has 80 valence electrons. The van der Waals surface area contributed by atoms with Crippen molar-refractivity contribution >= 4 is 12.3 Å². The molecule has 1 heterocycles. The minimum absolute atomic E-state index is 0.0658. The van der Waals surface area contributed by atoms with E-state index in [-0.39, 0.29) is 11.3 Å². The van der Waals surface area contributed by atoms with Crippen molar-refractivity contribution in [2.75, 3.05) is 0 Å². The van der Waals surface area contributed by atoms with E-state index in [0.717, 1.165) is 0 Å². The largest absolute Gasteiger partial charge is 0.478 e. The van der Waals surface area contributed by atoms with Crippen molar-refractivity contribution in [3.05, 3.63) is 41.7 Å². The summed E-state index contributed by atoms with van der Waals surface area (Å²) in [4.78, 5) is 21.7. The summed E-state index contributed by atoms with van der Waals surface area (Å²) in [5.41, 5.74) is 0.583. The van der Waals surface area contributed by atoms with Gasteiger partial charge in [-0.25, -0.2) is 9.48 Å². The predicted molar refractivity (Wildman–Crippen MR) is 53.7 cm³/mol. The first-order chi connectivity index (χ1) is 7.74. The normalized spacial score (nSPS) is 10.0. The molecule has 2 aromatic rings. The van der Waals surface area contributed by atoms with Crippen molar-refractivity contribution in [1.82, 2.24) is 15.0 Å². The second kappa shape index (κ2) is 3.93. The molecule has 0 amide bonds. The molecule has 6 nitrogen and oxygen atoms in total. The molecule has 0 unspecified atom stereocenters. The van der Waals surface area contributed by atoms with Gasteiger partial charge in [0.1, 0.15) is 5.69 Å². The molecule has 0 spiro atoms. The van der Waals surface area contributed by atoms with Crippen LogP contribution in [0.3, 0.4) is 0 Å². The quantitative estimate of drug-likeness (QED) is 0.768. The molecule has 0 fully saturated rings. The number of nitrogens with zero attached hydrogens (tertiary/aromatic N) is 3. The van der Waals surface area contributed by atoms with E-state index in [0.29, 0.717) is 12.0 Å². The zero-order valence-corrected chi connectivity index (χ0v) is 8.07. The second-order valence-corrected chi connectivity index (χ2v) is 3.01. The summed E-state index contributed by atoms with van der Waals surface area (Å²) in [6.07, 6.45) is 1.84. The molecular formula is C10H7N3O3. The Labute approximate surface area is 90.1 Å². The molecule has 1 aromatic heterocycles. The van der Waals surface area contributed by atoms with E-state index >= 15 is 0 Å². The van der Waals surface area contributed by atoms with Crippen molar-refractivity contribution in [3.8, 4) is 5.69 Å². The Bertz CT molecular complexity index is 548. The molecule has 16 heavy (non-hydrogen) atoms. The number of hydrogen-bond acceptors (Lipinski definition) is 4. The van der Waals surface area contributed by atoms with Crippen molar-refractivity contribution < 1.29 is 14.7 Å². The lowest BCUT2D eigenvalue weighted by molar-refractivity contribution is 0.0696. The first kappa shape index (κ1) is 10.0. The number of carbonyl (C=O) groups is 2. The minimum atomic E-state index is -1.08. The topological polar surface area (TPSA) is 85.1 Å². The van der Waals surface area contributed by atoms with Crippen LogP contribution in [-0.4, -0.2) is 32.4 Å². The molecule has 0 atom stereocenters. The number of aldehydes is 1. The van der Waals surface area contributed by atoms with Crippen molar-refractivity contribution in [2.45, 2.75) is 0 Å². The fraction of sp³-hybridized carbons (Fsp3) is 0. The summed E-state index contributed by atoms with van der Waals surface area (Å²) >= 11 is 0. The monoisotopic (exact) mass is 217 g/mol. The van der Waals surface area contributed by atoms with E-state index in [1.54, 1.807) is 18.2 Å². The maximum absolute atomic E-state index is 11.0. The lowest BCUT2D eigenvalue weighted by Crippen LogP contribution is -2.08. The van der Waals surface area contributed by atoms with Gasteiger partial charge in [0.15, 0.2) is 6.29 Å². The Morgan fingerprint density at radius 3 is 2.81 bits per heavy atom. The Hall–Kier alpha value is -2.50. The highest BCUT2D eigenvalue weighted by atomic mass is 16.4. The molecule has 0 bridgehead atoms. The number of aromatic carboxylic acids is 1. The molecule has 1 aromatic carbocycles. The second-order valence-electron chi connectivity index (χ2n) is 3.01. The third-order valence-electron chi connectivity index (χ3n) is 2.06. The third kappa shape index (κ3) is 1.56. The average Bonchev–Trinajstić information content (AvgIpc) is 2.76. The van der Waals surface area contributed by atoms with Gasteiger partial charge in [0.25, 0.3) is 0 Å². The summed E-state index contributed by atoms with van der Waals surface area (Å²) in [5.74, 6) is -1.08. The third-order valence-corrected chi connectivity index (χ3v) is 2.06. The fourth-order valence-electron chi connectivity index (χ4n) is 1.35. The fourth-order valence-corrected chi connectivity index (χ4v) is 1.35. The van der Waals surface area contributed by atoms with Crippen LogP contribution in [0.1, 0.15) is 20.8 Å². The smallest absolute Gasteiger partial charge is 0.337 e. The SMILES string of the molecule is O=Cc1cnnn1-c1ccccc1C(=O)O. The number of carboxylic acids is 1. The molecule has 0 aliphatic heterocycles. The van der Waals surface area contributed by atoms with Crippen LogP contribution in [0.25, 0.3) is 5.69 Å². The molecule has 0 radical (unpaired) electrons. The van der Waals surface area contributed by atoms with Crippen LogP contribution < -0.4 is 0 Å². The molecule has 2 rings (SSSR count). The number of aromatic nitrogens is 3. The minimum Gasteiger partial charge on any atom is -0.478 e. The molecule has 0 saturated heterocycles. The Balaban J connectivity index is 2.64. The zero-order chi connectivity index (χ0) is 11.5. The number of para-hydroxylation sites is 1. The van der Waals surface area contributed by atoms with E-state index in [1.165, 1.54) is 16.9 Å². The first-order valence-electron chi connectivity index (χ1n) is 4.42. The highest BCUT2D eigenvalue weighted by Gasteiger charge is 2.13. The standard InChI is InChI=1S/C10H7N3O3/c14-6-7-5-11-12-13(7)9-4-2-1-3-8(9)10(15)16/h1-6H,(H,15,16). The summed E-state index contributed by atoms with van der Waals surface area (Å²) in [7, 11) is 0. The number of benzene rings is 1. The van der Waals surface area contributed by atoms with Gasteiger partial charge in [0, 0.05) is 0 Å². The molecule has 0 aliphatic carbocycles. The van der Waals surface area contributed by atoms with Crippen LogP contribution in [0.4, 0.5) is 0 Å². The van der Waals surface area contributed by atoms with Gasteiger partial charge < -0.3 is 5.11 Å². The van der Waals surface area contributed by atoms with Gasteiger partial charge in [0.2, 0.25) is 0 Å². The number of rotatable bonds is 3. The van der Waals surface area contributed by atoms with E-state index in [1.807, 2.05) is 0 Å². The number of hydrogen-bond donors (Lipinski definition) is 1. The van der Waals surface area contributed by atoms with Crippen molar-refractivity contribution in [2.24, 2.45) is 0 Å². The molecule has 6 heteroatoms. The summed E-state index contributed by atoms with van der Waals surface area (Å²) in [5, 5.41) is 16.2. The van der Waals surface area contributed by atoms with Gasteiger partial charge in [0.05, 0.1) is 17.4 Å². The first-order valence-corrected chi connectivity index (χ1v) is 4.42. The van der Waals surface area contributed by atoms with E-state index in [9.17, 15) is 9.59 Å². The number of carboxylic acid groups (broad SMARTS) is 1. The maximum Gasteiger partial charge on any atom is 0.337 e. The van der Waals surface area contributed by atoms with Gasteiger partial charge in [-0.2, -0.15) is 0 Å². The molecular weight excluding hydrogens is 210 g/mol. The predicted octanol–water partition coefficient (Wildman–Crippen LogP) is 0.778.